The molecule has 8 nitrogen and oxygen atoms in total. The number of hydrogen-bond donors (Lipinski definition) is 1. The molecule has 2 heterocycles. The van der Waals surface area contributed by atoms with Crippen molar-refractivity contribution >= 4 is 18.2 Å². The van der Waals surface area contributed by atoms with Crippen LogP contribution >= 0.6 is 0 Å². The molecular formula is C24H31N5O3. The van der Waals surface area contributed by atoms with Gasteiger partial charge in [0.15, 0.2) is 0 Å². The van der Waals surface area contributed by atoms with Crippen molar-refractivity contribution in [2.45, 2.75) is 58.0 Å². The molecule has 0 atom stereocenters. The van der Waals surface area contributed by atoms with Gasteiger partial charge in [-0.1, -0.05) is 30.6 Å². The van der Waals surface area contributed by atoms with E-state index in [0.717, 1.165) is 36.2 Å². The maximum Gasteiger partial charge on any atom is 0.324 e. The molecule has 1 aromatic heterocycles. The lowest BCUT2D eigenvalue weighted by Gasteiger charge is -2.37. The smallest absolute Gasteiger partial charge is 0.324 e. The van der Waals surface area contributed by atoms with Crippen molar-refractivity contribution in [3.8, 4) is 11.5 Å². The SMILES string of the molecule is CCC1=NCN(c2nnc(-c3ccc(CN(CC4CC4)C4CCC4)cc3)o2)C=C1.O=CO. The van der Waals surface area contributed by atoms with Crippen LogP contribution in [0.25, 0.3) is 11.5 Å². The fourth-order valence-corrected chi connectivity index (χ4v) is 3.96. The molecule has 1 aromatic carbocycles. The van der Waals surface area contributed by atoms with Gasteiger partial charge in [-0.2, -0.15) is 0 Å². The van der Waals surface area contributed by atoms with Crippen LogP contribution in [0, 0.1) is 5.92 Å². The lowest BCUT2D eigenvalue weighted by molar-refractivity contribution is -0.122. The first-order valence-corrected chi connectivity index (χ1v) is 11.4. The number of nitrogens with zero attached hydrogens (tertiary/aromatic N) is 5. The van der Waals surface area contributed by atoms with E-state index >= 15 is 0 Å². The highest BCUT2D eigenvalue weighted by molar-refractivity contribution is 5.95. The molecule has 1 N–H and O–H groups in total. The molecule has 32 heavy (non-hydrogen) atoms. The second-order valence-electron chi connectivity index (χ2n) is 8.58. The zero-order valence-electron chi connectivity index (χ0n) is 18.6. The molecule has 170 valence electrons. The maximum atomic E-state index is 8.36. The number of carboxylic acid groups (broad SMARTS) is 1. The van der Waals surface area contributed by atoms with Crippen LogP contribution in [0.5, 0.6) is 0 Å². The fourth-order valence-electron chi connectivity index (χ4n) is 3.96. The van der Waals surface area contributed by atoms with Crippen molar-refractivity contribution in [3.63, 3.8) is 0 Å². The molecule has 5 rings (SSSR count). The third-order valence-corrected chi connectivity index (χ3v) is 6.26. The number of anilines is 1. The predicted octanol–water partition coefficient (Wildman–Crippen LogP) is 4.34. The van der Waals surface area contributed by atoms with E-state index < -0.39 is 0 Å². The first-order valence-electron chi connectivity index (χ1n) is 11.4. The number of carbonyl (C=O) groups is 1. The zero-order valence-corrected chi connectivity index (χ0v) is 18.6. The van der Waals surface area contributed by atoms with Crippen molar-refractivity contribution in [2.24, 2.45) is 10.9 Å². The summed E-state index contributed by atoms with van der Waals surface area (Å²) in [6.07, 6.45) is 11.8. The first kappa shape index (κ1) is 22.2. The number of allylic oxidation sites excluding steroid dienone is 1. The standard InChI is InChI=1S/C23H29N5O.CH2O2/c1-2-20-12-13-27(16-24-20)23-26-25-22(29-23)19-10-8-18(9-11-19)15-28(14-17-6-7-17)21-4-3-5-21;2-1-3/h8-13,17,21H,2-7,14-16H2,1H3;1H,(H,2,3). The molecule has 0 saturated heterocycles. The van der Waals surface area contributed by atoms with Gasteiger partial charge in [0.2, 0.25) is 5.89 Å². The van der Waals surface area contributed by atoms with Crippen LogP contribution in [0.4, 0.5) is 6.01 Å². The Morgan fingerprint density at radius 1 is 1.19 bits per heavy atom. The second kappa shape index (κ2) is 10.5. The number of aromatic nitrogens is 2. The van der Waals surface area contributed by atoms with Crippen LogP contribution in [0.2, 0.25) is 0 Å². The summed E-state index contributed by atoms with van der Waals surface area (Å²) in [7, 11) is 0. The summed E-state index contributed by atoms with van der Waals surface area (Å²) in [6, 6.07) is 9.89. The van der Waals surface area contributed by atoms with Crippen molar-refractivity contribution in [1.29, 1.82) is 0 Å². The monoisotopic (exact) mass is 437 g/mol. The number of benzene rings is 1. The largest absolute Gasteiger partial charge is 0.483 e. The highest BCUT2D eigenvalue weighted by Crippen LogP contribution is 2.34. The maximum absolute atomic E-state index is 8.36. The summed E-state index contributed by atoms with van der Waals surface area (Å²) >= 11 is 0. The molecule has 2 saturated carbocycles. The average Bonchev–Trinajstić information content (AvgIpc) is 3.45. The van der Waals surface area contributed by atoms with E-state index in [4.69, 9.17) is 14.3 Å². The number of rotatable bonds is 8. The van der Waals surface area contributed by atoms with E-state index in [2.05, 4.69) is 51.3 Å². The summed E-state index contributed by atoms with van der Waals surface area (Å²) in [6.45, 7) is 4.70. The van der Waals surface area contributed by atoms with Gasteiger partial charge in [-0.15, -0.1) is 5.10 Å². The summed E-state index contributed by atoms with van der Waals surface area (Å²) in [5, 5.41) is 15.3. The van der Waals surface area contributed by atoms with Crippen molar-refractivity contribution in [2.75, 3.05) is 18.1 Å². The summed E-state index contributed by atoms with van der Waals surface area (Å²) in [4.78, 5) is 17.4. The van der Waals surface area contributed by atoms with Crippen LogP contribution in [-0.4, -0.2) is 51.6 Å². The lowest BCUT2D eigenvalue weighted by Crippen LogP contribution is -2.40. The Morgan fingerprint density at radius 3 is 2.50 bits per heavy atom. The van der Waals surface area contributed by atoms with Gasteiger partial charge in [-0.25, -0.2) is 0 Å². The van der Waals surface area contributed by atoms with E-state index in [9.17, 15) is 0 Å². The Morgan fingerprint density at radius 2 is 1.94 bits per heavy atom. The molecule has 0 unspecified atom stereocenters. The normalized spacial score (nSPS) is 18.1. The predicted molar refractivity (Wildman–Crippen MR) is 123 cm³/mol. The second-order valence-corrected chi connectivity index (χ2v) is 8.58. The highest BCUT2D eigenvalue weighted by atomic mass is 16.4. The van der Waals surface area contributed by atoms with Gasteiger partial charge in [-0.3, -0.25) is 19.6 Å². The molecule has 2 aliphatic carbocycles. The van der Waals surface area contributed by atoms with Gasteiger partial charge in [0.1, 0.15) is 6.67 Å². The van der Waals surface area contributed by atoms with Crippen molar-refractivity contribution < 1.29 is 14.3 Å². The highest BCUT2D eigenvalue weighted by Gasteiger charge is 2.30. The van der Waals surface area contributed by atoms with Gasteiger partial charge < -0.3 is 9.52 Å². The van der Waals surface area contributed by atoms with Crippen LogP contribution in [-0.2, 0) is 11.3 Å². The molecule has 0 spiro atoms. The van der Waals surface area contributed by atoms with E-state index in [1.807, 2.05) is 17.2 Å². The minimum absolute atomic E-state index is 0.250. The summed E-state index contributed by atoms with van der Waals surface area (Å²) in [5.74, 6) is 1.49. The van der Waals surface area contributed by atoms with Gasteiger partial charge in [0.05, 0.1) is 0 Å². The molecule has 8 heteroatoms. The molecule has 0 amide bonds. The first-order chi connectivity index (χ1) is 15.7. The average molecular weight is 438 g/mol. The molecule has 0 radical (unpaired) electrons. The van der Waals surface area contributed by atoms with Gasteiger partial charge in [0, 0.05) is 36.6 Å². The van der Waals surface area contributed by atoms with Crippen LogP contribution in [0.3, 0.4) is 0 Å². The fraction of sp³-hybridized carbons (Fsp3) is 0.500. The van der Waals surface area contributed by atoms with E-state index in [-0.39, 0.29) is 6.47 Å². The summed E-state index contributed by atoms with van der Waals surface area (Å²) in [5.41, 5.74) is 3.42. The van der Waals surface area contributed by atoms with Gasteiger partial charge in [0.25, 0.3) is 6.47 Å². The Bertz CT molecular complexity index is 945. The quantitative estimate of drug-likeness (QED) is 0.614. The molecule has 1 aliphatic heterocycles. The van der Waals surface area contributed by atoms with E-state index in [1.54, 1.807) is 0 Å². The van der Waals surface area contributed by atoms with Crippen LogP contribution in [0.1, 0.15) is 51.0 Å². The number of hydrogen-bond acceptors (Lipinski definition) is 7. The topological polar surface area (TPSA) is 95.1 Å². The van der Waals surface area contributed by atoms with Crippen molar-refractivity contribution in [1.82, 2.24) is 15.1 Å². The van der Waals surface area contributed by atoms with E-state index in [1.165, 1.54) is 44.2 Å². The van der Waals surface area contributed by atoms with Crippen LogP contribution in [0.15, 0.2) is 46.0 Å². The number of aliphatic imine (C=N–C) groups is 1. The Kier molecular flexibility index (Phi) is 7.32. The molecule has 2 aromatic rings. The Hall–Kier alpha value is -3.00. The molecule has 0 bridgehead atoms. The van der Waals surface area contributed by atoms with Crippen molar-refractivity contribution in [3.05, 3.63) is 42.1 Å². The molecule has 2 fully saturated rings. The van der Waals surface area contributed by atoms with E-state index in [0.29, 0.717) is 18.6 Å². The minimum atomic E-state index is -0.250. The Balaban J connectivity index is 0.000000775. The molecular weight excluding hydrogens is 406 g/mol. The third-order valence-electron chi connectivity index (χ3n) is 6.26. The van der Waals surface area contributed by atoms with Gasteiger partial charge >= 0.3 is 6.01 Å². The minimum Gasteiger partial charge on any atom is -0.483 e. The third kappa shape index (κ3) is 5.62. The molecule has 3 aliphatic rings. The summed E-state index contributed by atoms with van der Waals surface area (Å²) < 4.78 is 5.90. The Labute approximate surface area is 188 Å². The lowest BCUT2D eigenvalue weighted by atomic mass is 9.91. The zero-order chi connectivity index (χ0) is 22.3. The van der Waals surface area contributed by atoms with Crippen LogP contribution < -0.4 is 4.90 Å². The van der Waals surface area contributed by atoms with Gasteiger partial charge in [-0.05, 0) is 61.8 Å².